The van der Waals surface area contributed by atoms with Crippen LogP contribution in [-0.4, -0.2) is 43.7 Å². The molecule has 7 nitrogen and oxygen atoms in total. The van der Waals surface area contributed by atoms with Crippen LogP contribution in [0.3, 0.4) is 0 Å². The topological polar surface area (TPSA) is 77.4 Å². The van der Waals surface area contributed by atoms with Crippen LogP contribution in [0.25, 0.3) is 10.8 Å². The van der Waals surface area contributed by atoms with Crippen molar-refractivity contribution in [3.8, 4) is 17.2 Å². The van der Waals surface area contributed by atoms with E-state index in [0.29, 0.717) is 23.5 Å². The van der Waals surface area contributed by atoms with E-state index in [9.17, 15) is 9.59 Å². The fraction of sp³-hybridized carbons (Fsp3) is 0.167. The van der Waals surface area contributed by atoms with Crippen molar-refractivity contribution in [2.24, 2.45) is 5.10 Å². The Morgan fingerprint density at radius 2 is 1.70 bits per heavy atom. The fourth-order valence-electron chi connectivity index (χ4n) is 4.45. The quantitative estimate of drug-likeness (QED) is 0.306. The summed E-state index contributed by atoms with van der Waals surface area (Å²) in [6, 6.07) is 26.5. The number of methoxy groups -OCH3 is 2. The van der Waals surface area contributed by atoms with Gasteiger partial charge in [0.15, 0.2) is 18.1 Å². The van der Waals surface area contributed by atoms with Crippen molar-refractivity contribution in [3.63, 3.8) is 0 Å². The van der Waals surface area contributed by atoms with Gasteiger partial charge in [-0.05, 0) is 58.3 Å². The first-order valence-electron chi connectivity index (χ1n) is 11.9. The molecule has 1 atom stereocenters. The minimum atomic E-state index is -0.293. The van der Waals surface area contributed by atoms with Crippen molar-refractivity contribution >= 4 is 28.7 Å². The first-order chi connectivity index (χ1) is 18.1. The summed E-state index contributed by atoms with van der Waals surface area (Å²) in [4.78, 5) is 24.5. The molecule has 1 aliphatic rings. The summed E-state index contributed by atoms with van der Waals surface area (Å²) >= 11 is 0. The Morgan fingerprint density at radius 3 is 2.43 bits per heavy atom. The fourth-order valence-corrected chi connectivity index (χ4v) is 4.45. The number of hydrogen-bond donors (Lipinski definition) is 0. The van der Waals surface area contributed by atoms with Crippen LogP contribution < -0.4 is 14.2 Å². The lowest BCUT2D eigenvalue weighted by Gasteiger charge is -2.22. The van der Waals surface area contributed by atoms with Gasteiger partial charge >= 0.3 is 0 Å². The van der Waals surface area contributed by atoms with Gasteiger partial charge in [0.1, 0.15) is 12.0 Å². The van der Waals surface area contributed by atoms with Gasteiger partial charge in [0, 0.05) is 12.0 Å². The zero-order valence-corrected chi connectivity index (χ0v) is 20.6. The molecule has 0 aromatic heterocycles. The molecule has 1 unspecified atom stereocenters. The number of carbonyl (C=O) groups is 2. The molecule has 0 aliphatic carbocycles. The standard InChI is InChI=1S/C30H26N2O5/c1-35-25-12-10-22(11-13-25)27-17-26(24-9-8-21-5-3-4-6-23(21)16-24)31-32(27)30(34)19-37-28-14-7-20(18-33)15-29(28)36-2/h3-16,18,27H,17,19H2,1-2H3. The van der Waals surface area contributed by atoms with Gasteiger partial charge in [-0.3, -0.25) is 9.59 Å². The second kappa shape index (κ2) is 10.5. The van der Waals surface area contributed by atoms with E-state index in [1.807, 2.05) is 42.5 Å². The van der Waals surface area contributed by atoms with Crippen LogP contribution >= 0.6 is 0 Å². The van der Waals surface area contributed by atoms with Crippen LogP contribution in [0.15, 0.2) is 90.0 Å². The largest absolute Gasteiger partial charge is 0.497 e. The maximum Gasteiger partial charge on any atom is 0.281 e. The Labute approximate surface area is 214 Å². The van der Waals surface area contributed by atoms with Crippen LogP contribution in [0.4, 0.5) is 0 Å². The van der Waals surface area contributed by atoms with Gasteiger partial charge in [0.25, 0.3) is 5.91 Å². The second-order valence-corrected chi connectivity index (χ2v) is 8.66. The lowest BCUT2D eigenvalue weighted by atomic mass is 9.97. The Morgan fingerprint density at radius 1 is 0.919 bits per heavy atom. The van der Waals surface area contributed by atoms with Gasteiger partial charge in [-0.15, -0.1) is 0 Å². The van der Waals surface area contributed by atoms with Gasteiger partial charge in [0.05, 0.1) is 26.0 Å². The maximum absolute atomic E-state index is 13.4. The lowest BCUT2D eigenvalue weighted by Crippen LogP contribution is -2.31. The number of hydrazone groups is 1. The minimum absolute atomic E-state index is 0.238. The van der Waals surface area contributed by atoms with E-state index in [-0.39, 0.29) is 18.6 Å². The van der Waals surface area contributed by atoms with Gasteiger partial charge in [-0.25, -0.2) is 5.01 Å². The van der Waals surface area contributed by atoms with E-state index < -0.39 is 0 Å². The number of hydrogen-bond acceptors (Lipinski definition) is 6. The van der Waals surface area contributed by atoms with E-state index >= 15 is 0 Å². The summed E-state index contributed by atoms with van der Waals surface area (Å²) in [5.41, 5.74) is 3.20. The normalized spacial score (nSPS) is 14.8. The highest BCUT2D eigenvalue weighted by molar-refractivity contribution is 6.05. The van der Waals surface area contributed by atoms with Crippen molar-refractivity contribution in [3.05, 3.63) is 102 Å². The molecule has 0 N–H and O–H groups in total. The predicted molar refractivity (Wildman–Crippen MR) is 142 cm³/mol. The van der Waals surface area contributed by atoms with Crippen LogP contribution in [0.5, 0.6) is 17.2 Å². The van der Waals surface area contributed by atoms with E-state index in [4.69, 9.17) is 19.3 Å². The Bertz CT molecular complexity index is 1480. The first-order valence-corrected chi connectivity index (χ1v) is 11.9. The van der Waals surface area contributed by atoms with E-state index in [1.165, 1.54) is 12.1 Å². The molecule has 4 aromatic carbocycles. The van der Waals surface area contributed by atoms with Crippen molar-refractivity contribution in [1.82, 2.24) is 5.01 Å². The third-order valence-electron chi connectivity index (χ3n) is 6.42. The number of nitrogens with zero attached hydrogens (tertiary/aromatic N) is 2. The number of fused-ring (bicyclic) bond motifs is 1. The summed E-state index contributed by atoms with van der Waals surface area (Å²) < 4.78 is 16.4. The number of ether oxygens (including phenoxy) is 3. The van der Waals surface area contributed by atoms with Gasteiger partial charge in [-0.2, -0.15) is 5.10 Å². The molecule has 0 bridgehead atoms. The zero-order valence-electron chi connectivity index (χ0n) is 20.6. The highest BCUT2D eigenvalue weighted by atomic mass is 16.5. The monoisotopic (exact) mass is 494 g/mol. The Balaban J connectivity index is 1.43. The number of aldehydes is 1. The van der Waals surface area contributed by atoms with Crippen LogP contribution in [0, 0.1) is 0 Å². The van der Waals surface area contributed by atoms with Gasteiger partial charge in [-0.1, -0.05) is 48.5 Å². The summed E-state index contributed by atoms with van der Waals surface area (Å²) in [6.45, 7) is -0.238. The zero-order chi connectivity index (χ0) is 25.8. The molecule has 5 rings (SSSR count). The van der Waals surface area contributed by atoms with Crippen molar-refractivity contribution < 1.29 is 23.8 Å². The average molecular weight is 495 g/mol. The lowest BCUT2D eigenvalue weighted by molar-refractivity contribution is -0.135. The van der Waals surface area contributed by atoms with Crippen LogP contribution in [0.1, 0.15) is 33.9 Å². The number of rotatable bonds is 8. The van der Waals surface area contributed by atoms with Gasteiger partial charge in [0.2, 0.25) is 0 Å². The molecule has 0 spiro atoms. The third kappa shape index (κ3) is 5.02. The smallest absolute Gasteiger partial charge is 0.281 e. The SMILES string of the molecule is COc1ccc(C2CC(c3ccc4ccccc4c3)=NN2C(=O)COc2ccc(C=O)cc2OC)cc1. The number of benzene rings is 4. The van der Waals surface area contributed by atoms with Crippen LogP contribution in [0.2, 0.25) is 0 Å². The summed E-state index contributed by atoms with van der Waals surface area (Å²) in [5.74, 6) is 1.20. The molecular formula is C30H26N2O5. The third-order valence-corrected chi connectivity index (χ3v) is 6.42. The molecule has 0 radical (unpaired) electrons. The summed E-state index contributed by atoms with van der Waals surface area (Å²) in [5, 5.41) is 8.52. The Hall–Kier alpha value is -4.65. The maximum atomic E-state index is 13.4. The molecule has 0 fully saturated rings. The van der Waals surface area contributed by atoms with Crippen molar-refractivity contribution in [2.75, 3.05) is 20.8 Å². The minimum Gasteiger partial charge on any atom is -0.497 e. The second-order valence-electron chi connectivity index (χ2n) is 8.66. The number of carbonyl (C=O) groups excluding carboxylic acids is 2. The molecule has 186 valence electrons. The van der Waals surface area contributed by atoms with Crippen LogP contribution in [-0.2, 0) is 4.79 Å². The number of amides is 1. The average Bonchev–Trinajstić information content (AvgIpc) is 3.41. The van der Waals surface area contributed by atoms with E-state index in [0.717, 1.165) is 39.6 Å². The molecule has 4 aromatic rings. The molecule has 1 amide bonds. The summed E-state index contributed by atoms with van der Waals surface area (Å²) in [6.07, 6.45) is 1.29. The van der Waals surface area contributed by atoms with Gasteiger partial charge < -0.3 is 14.2 Å². The molecule has 0 saturated carbocycles. The van der Waals surface area contributed by atoms with Crippen molar-refractivity contribution in [1.29, 1.82) is 0 Å². The molecule has 1 aliphatic heterocycles. The molecule has 0 saturated heterocycles. The van der Waals surface area contributed by atoms with Crippen molar-refractivity contribution in [2.45, 2.75) is 12.5 Å². The molecular weight excluding hydrogens is 468 g/mol. The van der Waals surface area contributed by atoms with E-state index in [1.54, 1.807) is 25.3 Å². The summed E-state index contributed by atoms with van der Waals surface area (Å²) in [7, 11) is 3.10. The van der Waals surface area contributed by atoms with E-state index in [2.05, 4.69) is 24.3 Å². The highest BCUT2D eigenvalue weighted by Gasteiger charge is 2.33. The first kappa shape index (κ1) is 24.1. The predicted octanol–water partition coefficient (Wildman–Crippen LogP) is 5.43. The molecule has 1 heterocycles. The molecule has 37 heavy (non-hydrogen) atoms. The molecule has 7 heteroatoms. The Kier molecular flexibility index (Phi) is 6.85. The highest BCUT2D eigenvalue weighted by Crippen LogP contribution is 2.35.